The Balaban J connectivity index is 0.000000175. The van der Waals surface area contributed by atoms with Crippen molar-refractivity contribution < 1.29 is 65.1 Å². The molecule has 0 saturated carbocycles. The average molecular weight is 695 g/mol. The molecule has 0 spiro atoms. The van der Waals surface area contributed by atoms with Crippen molar-refractivity contribution in [2.24, 2.45) is 0 Å². The van der Waals surface area contributed by atoms with E-state index in [1.807, 2.05) is 91.0 Å². The topological polar surface area (TPSA) is 96.9 Å². The van der Waals surface area contributed by atoms with Crippen LogP contribution in [0.15, 0.2) is 164 Å². The van der Waals surface area contributed by atoms with E-state index in [0.717, 1.165) is 17.2 Å². The monoisotopic (exact) mass is 694 g/mol. The van der Waals surface area contributed by atoms with E-state index in [2.05, 4.69) is 0 Å². The smallest absolute Gasteiger partial charge is 0.872 e. The first kappa shape index (κ1) is 32.8. The van der Waals surface area contributed by atoms with E-state index in [1.165, 1.54) is 36.4 Å². The van der Waals surface area contributed by atoms with Crippen molar-refractivity contribution in [2.45, 2.75) is 0 Å². The van der Waals surface area contributed by atoms with E-state index in [4.69, 9.17) is 14.2 Å². The van der Waals surface area contributed by atoms with Gasteiger partial charge in [-0.1, -0.05) is 91.0 Å². The molecule has 0 aliphatic heterocycles. The maximum atomic E-state index is 10.8. The first-order chi connectivity index (χ1) is 20.5. The van der Waals surface area contributed by atoms with Gasteiger partial charge in [-0.3, -0.25) is 0 Å². The second-order valence-electron chi connectivity index (χ2n) is 8.66. The molecule has 6 rings (SSSR count). The molecule has 0 heterocycles. The van der Waals surface area contributed by atoms with Crippen LogP contribution in [0.4, 0.5) is 0 Å². The van der Waals surface area contributed by atoms with Gasteiger partial charge in [-0.15, -0.1) is 17.2 Å². The standard InChI is InChI=1S/3C12H10O2.La/c3*13-10-6-8-12(9-7-10)14-11-4-2-1-3-5-11;/h3*1-9,13H;/q;;;+3/p-3. The van der Waals surface area contributed by atoms with E-state index in [0.29, 0.717) is 17.2 Å². The fourth-order valence-corrected chi connectivity index (χ4v) is 3.40. The zero-order valence-corrected chi connectivity index (χ0v) is 26.7. The minimum absolute atomic E-state index is 0. The van der Waals surface area contributed by atoms with Crippen molar-refractivity contribution in [2.75, 3.05) is 0 Å². The SMILES string of the molecule is [La+3].[O-]c1ccc(Oc2ccccc2)cc1.[O-]c1ccc(Oc2ccccc2)cc1.[O-]c1ccc(Oc2ccccc2)cc1. The number of ether oxygens (including phenoxy) is 3. The summed E-state index contributed by atoms with van der Waals surface area (Å²) in [6, 6.07) is 47.2. The summed E-state index contributed by atoms with van der Waals surface area (Å²) >= 11 is 0. The van der Waals surface area contributed by atoms with Crippen molar-refractivity contribution in [3.63, 3.8) is 0 Å². The van der Waals surface area contributed by atoms with Crippen LogP contribution in [0, 0.1) is 35.6 Å². The second kappa shape index (κ2) is 18.0. The number of para-hydroxylation sites is 3. The fourth-order valence-electron chi connectivity index (χ4n) is 3.40. The molecule has 0 aliphatic rings. The molecule has 210 valence electrons. The Morgan fingerprint density at radius 2 is 0.442 bits per heavy atom. The summed E-state index contributed by atoms with van der Waals surface area (Å²) in [5, 5.41) is 32.5. The molecule has 7 heteroatoms. The van der Waals surface area contributed by atoms with Crippen LogP contribution in [0.5, 0.6) is 51.7 Å². The largest absolute Gasteiger partial charge is 3.00 e. The zero-order valence-electron chi connectivity index (χ0n) is 23.1. The van der Waals surface area contributed by atoms with Crippen molar-refractivity contribution in [3.05, 3.63) is 164 Å². The minimum Gasteiger partial charge on any atom is -0.872 e. The van der Waals surface area contributed by atoms with Gasteiger partial charge in [0.2, 0.25) is 0 Å². The van der Waals surface area contributed by atoms with E-state index >= 15 is 0 Å². The van der Waals surface area contributed by atoms with Crippen LogP contribution in [0.25, 0.3) is 0 Å². The van der Waals surface area contributed by atoms with Crippen LogP contribution < -0.4 is 29.5 Å². The number of benzene rings is 6. The summed E-state index contributed by atoms with van der Waals surface area (Å²) in [5.41, 5.74) is 0. The summed E-state index contributed by atoms with van der Waals surface area (Å²) < 4.78 is 16.5. The van der Waals surface area contributed by atoms with Gasteiger partial charge in [0.15, 0.2) is 0 Å². The first-order valence-electron chi connectivity index (χ1n) is 13.0. The molecule has 0 N–H and O–H groups in total. The van der Waals surface area contributed by atoms with Crippen molar-refractivity contribution in [1.82, 2.24) is 0 Å². The predicted molar refractivity (Wildman–Crippen MR) is 157 cm³/mol. The average Bonchev–Trinajstić information content (AvgIpc) is 3.03. The van der Waals surface area contributed by atoms with E-state index < -0.39 is 0 Å². The van der Waals surface area contributed by atoms with Gasteiger partial charge in [-0.25, -0.2) is 0 Å². The van der Waals surface area contributed by atoms with Crippen LogP contribution in [-0.4, -0.2) is 0 Å². The van der Waals surface area contributed by atoms with Gasteiger partial charge in [0, 0.05) is 0 Å². The molecule has 0 saturated heterocycles. The Kier molecular flexibility index (Phi) is 13.7. The minimum atomic E-state index is -0.00888. The quantitative estimate of drug-likeness (QED) is 0.178. The summed E-state index contributed by atoms with van der Waals surface area (Å²) in [5.74, 6) is 4.31. The Bertz CT molecular complexity index is 1380. The molecular formula is C36H27LaO6. The third-order valence-corrected chi connectivity index (χ3v) is 5.41. The van der Waals surface area contributed by atoms with Gasteiger partial charge in [-0.2, -0.15) is 0 Å². The molecule has 0 aliphatic carbocycles. The second-order valence-corrected chi connectivity index (χ2v) is 8.66. The molecule has 0 bridgehead atoms. The van der Waals surface area contributed by atoms with Gasteiger partial charge in [-0.05, 0) is 72.8 Å². The molecule has 6 aromatic carbocycles. The molecule has 0 radical (unpaired) electrons. The van der Waals surface area contributed by atoms with Crippen LogP contribution >= 0.6 is 0 Å². The third-order valence-electron chi connectivity index (χ3n) is 5.41. The first-order valence-corrected chi connectivity index (χ1v) is 13.0. The molecule has 0 aromatic heterocycles. The third kappa shape index (κ3) is 12.4. The van der Waals surface area contributed by atoms with Crippen LogP contribution in [0.2, 0.25) is 0 Å². The molecule has 0 amide bonds. The van der Waals surface area contributed by atoms with Gasteiger partial charge in [0.25, 0.3) is 0 Å². The molecular weight excluding hydrogens is 667 g/mol. The summed E-state index contributed by atoms with van der Waals surface area (Å²) in [6.07, 6.45) is 0. The van der Waals surface area contributed by atoms with Crippen molar-refractivity contribution in [1.29, 1.82) is 0 Å². The summed E-state index contributed by atoms with van der Waals surface area (Å²) in [4.78, 5) is 0. The van der Waals surface area contributed by atoms with Crippen LogP contribution in [-0.2, 0) is 0 Å². The molecule has 6 nitrogen and oxygen atoms in total. The molecule has 0 unspecified atom stereocenters. The van der Waals surface area contributed by atoms with Gasteiger partial charge >= 0.3 is 35.6 Å². The summed E-state index contributed by atoms with van der Waals surface area (Å²) in [7, 11) is 0. The number of rotatable bonds is 6. The zero-order chi connectivity index (χ0) is 29.4. The number of hydrogen-bond acceptors (Lipinski definition) is 6. The summed E-state index contributed by atoms with van der Waals surface area (Å²) in [6.45, 7) is 0. The Labute approximate surface area is 279 Å². The predicted octanol–water partition coefficient (Wildman–Crippen LogP) is 7.66. The van der Waals surface area contributed by atoms with E-state index in [-0.39, 0.29) is 52.8 Å². The normalized spacial score (nSPS) is 9.49. The Morgan fingerprint density at radius 3 is 0.651 bits per heavy atom. The van der Waals surface area contributed by atoms with E-state index in [1.54, 1.807) is 36.4 Å². The molecule has 0 atom stereocenters. The van der Waals surface area contributed by atoms with Gasteiger partial charge in [0.05, 0.1) is 0 Å². The Hall–Kier alpha value is -4.69. The molecule has 0 fully saturated rings. The fraction of sp³-hybridized carbons (Fsp3) is 0. The van der Waals surface area contributed by atoms with E-state index in [9.17, 15) is 15.3 Å². The van der Waals surface area contributed by atoms with Crippen molar-refractivity contribution >= 4 is 0 Å². The number of hydrogen-bond donors (Lipinski definition) is 0. The Morgan fingerprint density at radius 1 is 0.256 bits per heavy atom. The van der Waals surface area contributed by atoms with Gasteiger partial charge < -0.3 is 29.5 Å². The molecule has 43 heavy (non-hydrogen) atoms. The van der Waals surface area contributed by atoms with Crippen molar-refractivity contribution in [3.8, 4) is 51.7 Å². The molecule has 6 aromatic rings. The maximum Gasteiger partial charge on any atom is 3.00 e. The van der Waals surface area contributed by atoms with Crippen LogP contribution in [0.3, 0.4) is 0 Å². The van der Waals surface area contributed by atoms with Gasteiger partial charge in [0.1, 0.15) is 34.5 Å². The van der Waals surface area contributed by atoms with Crippen LogP contribution in [0.1, 0.15) is 0 Å². The maximum absolute atomic E-state index is 10.8.